The third kappa shape index (κ3) is 1.64. The minimum absolute atomic E-state index is 0.0873. The van der Waals surface area contributed by atoms with Crippen molar-refractivity contribution in [1.29, 1.82) is 0 Å². The summed E-state index contributed by atoms with van der Waals surface area (Å²) in [5.74, 6) is -0.0350. The van der Waals surface area contributed by atoms with Crippen LogP contribution in [0.5, 0.6) is 11.5 Å². The lowest BCUT2D eigenvalue weighted by Gasteiger charge is -2.14. The van der Waals surface area contributed by atoms with Gasteiger partial charge < -0.3 is 20.3 Å². The first-order valence-corrected chi connectivity index (χ1v) is 5.03. The van der Waals surface area contributed by atoms with E-state index < -0.39 is 5.97 Å². The van der Waals surface area contributed by atoms with Crippen molar-refractivity contribution in [3.8, 4) is 11.5 Å². The number of carboxylic acids is 1. The molecule has 3 N–H and O–H groups in total. The molecule has 0 amide bonds. The number of hydrogen-bond donors (Lipinski definition) is 2. The van der Waals surface area contributed by atoms with Crippen LogP contribution in [0, 0.1) is 6.92 Å². The van der Waals surface area contributed by atoms with Crippen molar-refractivity contribution in [2.45, 2.75) is 13.3 Å². The third-order valence-corrected chi connectivity index (χ3v) is 2.52. The second kappa shape index (κ2) is 3.92. The summed E-state index contributed by atoms with van der Waals surface area (Å²) in [5.41, 5.74) is 6.49. The van der Waals surface area contributed by atoms with Crippen LogP contribution in [0.25, 0.3) is 0 Å². The van der Waals surface area contributed by atoms with Crippen LogP contribution in [0.3, 0.4) is 0 Å². The monoisotopic (exact) mass is 223 g/mol. The lowest BCUT2D eigenvalue weighted by molar-refractivity contribution is 0.0696. The molecule has 0 saturated carbocycles. The lowest BCUT2D eigenvalue weighted by atomic mass is 10.0. The fourth-order valence-corrected chi connectivity index (χ4v) is 1.78. The summed E-state index contributed by atoms with van der Waals surface area (Å²) >= 11 is 0. The molecular weight excluding hydrogens is 210 g/mol. The molecule has 0 spiro atoms. The minimum atomic E-state index is -1.05. The molecule has 0 bridgehead atoms. The largest absolute Gasteiger partial charge is 0.489 e. The Kier molecular flexibility index (Phi) is 2.60. The van der Waals surface area contributed by atoms with Crippen molar-refractivity contribution in [3.63, 3.8) is 0 Å². The molecule has 0 atom stereocenters. The molecule has 0 aromatic heterocycles. The SMILES string of the molecule is Cc1c2c(cc(N)c1C(=O)O)OCCCO2. The average Bonchev–Trinajstić information content (AvgIpc) is 2.42. The molecule has 5 nitrogen and oxygen atoms in total. The molecule has 1 heterocycles. The number of nitrogens with two attached hydrogens (primary N) is 1. The Bertz CT molecular complexity index is 442. The van der Waals surface area contributed by atoms with E-state index in [1.165, 1.54) is 6.07 Å². The number of aromatic carboxylic acids is 1. The third-order valence-electron chi connectivity index (χ3n) is 2.52. The molecule has 1 aromatic carbocycles. The molecule has 0 unspecified atom stereocenters. The summed E-state index contributed by atoms with van der Waals surface area (Å²) in [6.07, 6.45) is 0.774. The number of nitrogen functional groups attached to an aromatic ring is 1. The topological polar surface area (TPSA) is 81.8 Å². The number of fused-ring (bicyclic) bond motifs is 1. The van der Waals surface area contributed by atoms with Crippen molar-refractivity contribution in [3.05, 3.63) is 17.2 Å². The molecule has 0 saturated heterocycles. The maximum Gasteiger partial charge on any atom is 0.338 e. The van der Waals surface area contributed by atoms with Crippen LogP contribution in [0.2, 0.25) is 0 Å². The highest BCUT2D eigenvalue weighted by atomic mass is 16.5. The molecule has 16 heavy (non-hydrogen) atoms. The second-order valence-corrected chi connectivity index (χ2v) is 3.65. The van der Waals surface area contributed by atoms with Crippen molar-refractivity contribution >= 4 is 11.7 Å². The zero-order chi connectivity index (χ0) is 11.7. The summed E-state index contributed by atoms with van der Waals surface area (Å²) in [7, 11) is 0. The molecule has 0 radical (unpaired) electrons. The molecule has 1 aromatic rings. The van der Waals surface area contributed by atoms with Gasteiger partial charge in [0.25, 0.3) is 0 Å². The number of rotatable bonds is 1. The Morgan fingerprint density at radius 1 is 1.44 bits per heavy atom. The highest BCUT2D eigenvalue weighted by molar-refractivity contribution is 5.96. The molecule has 1 aliphatic heterocycles. The van der Waals surface area contributed by atoms with E-state index in [9.17, 15) is 4.79 Å². The zero-order valence-electron chi connectivity index (χ0n) is 8.95. The Balaban J connectivity index is 2.60. The number of carboxylic acid groups (broad SMARTS) is 1. The zero-order valence-corrected chi connectivity index (χ0v) is 8.95. The smallest absolute Gasteiger partial charge is 0.338 e. The van der Waals surface area contributed by atoms with E-state index in [0.29, 0.717) is 30.3 Å². The van der Waals surface area contributed by atoms with Gasteiger partial charge in [-0.3, -0.25) is 0 Å². The van der Waals surface area contributed by atoms with Gasteiger partial charge in [0, 0.05) is 18.1 Å². The van der Waals surface area contributed by atoms with E-state index in [-0.39, 0.29) is 11.3 Å². The number of benzene rings is 1. The molecule has 0 fully saturated rings. The normalized spacial score (nSPS) is 14.3. The Hall–Kier alpha value is -1.91. The van der Waals surface area contributed by atoms with Crippen molar-refractivity contribution in [2.24, 2.45) is 0 Å². The van der Waals surface area contributed by atoms with Gasteiger partial charge in [0.1, 0.15) is 0 Å². The van der Waals surface area contributed by atoms with Crippen LogP contribution >= 0.6 is 0 Å². The number of hydrogen-bond acceptors (Lipinski definition) is 4. The van der Waals surface area contributed by atoms with Gasteiger partial charge in [0.2, 0.25) is 0 Å². The van der Waals surface area contributed by atoms with Gasteiger partial charge in [-0.1, -0.05) is 0 Å². The number of carbonyl (C=O) groups is 1. The fraction of sp³-hybridized carbons (Fsp3) is 0.364. The van der Waals surface area contributed by atoms with Crippen LogP contribution in [0.4, 0.5) is 5.69 Å². The second-order valence-electron chi connectivity index (χ2n) is 3.65. The predicted octanol–water partition coefficient (Wildman–Crippen LogP) is 1.44. The van der Waals surface area contributed by atoms with Crippen LogP contribution < -0.4 is 15.2 Å². The average molecular weight is 223 g/mol. The number of anilines is 1. The van der Waals surface area contributed by atoms with Crippen molar-refractivity contribution < 1.29 is 19.4 Å². The Morgan fingerprint density at radius 2 is 2.12 bits per heavy atom. The predicted molar refractivity (Wildman–Crippen MR) is 58.2 cm³/mol. The van der Waals surface area contributed by atoms with Crippen LogP contribution in [0.1, 0.15) is 22.3 Å². The van der Waals surface area contributed by atoms with E-state index in [1.54, 1.807) is 6.92 Å². The lowest BCUT2D eigenvalue weighted by Crippen LogP contribution is -2.07. The quantitative estimate of drug-likeness (QED) is 0.704. The van der Waals surface area contributed by atoms with Gasteiger partial charge in [0.05, 0.1) is 24.5 Å². The van der Waals surface area contributed by atoms with Crippen molar-refractivity contribution in [2.75, 3.05) is 18.9 Å². The molecule has 0 aliphatic carbocycles. The summed E-state index contributed by atoms with van der Waals surface area (Å²) in [5, 5.41) is 9.04. The van der Waals surface area contributed by atoms with Gasteiger partial charge in [-0.25, -0.2) is 4.79 Å². The maximum absolute atomic E-state index is 11.0. The highest BCUT2D eigenvalue weighted by Gasteiger charge is 2.21. The van der Waals surface area contributed by atoms with E-state index >= 15 is 0 Å². The first-order chi connectivity index (χ1) is 7.61. The maximum atomic E-state index is 11.0. The molecule has 86 valence electrons. The van der Waals surface area contributed by atoms with E-state index in [1.807, 2.05) is 0 Å². The number of ether oxygens (including phenoxy) is 2. The van der Waals surface area contributed by atoms with Gasteiger partial charge in [0.15, 0.2) is 11.5 Å². The van der Waals surface area contributed by atoms with Crippen molar-refractivity contribution in [1.82, 2.24) is 0 Å². The summed E-state index contributed by atoms with van der Waals surface area (Å²) in [4.78, 5) is 11.0. The van der Waals surface area contributed by atoms with E-state index in [0.717, 1.165) is 6.42 Å². The van der Waals surface area contributed by atoms with Gasteiger partial charge in [-0.15, -0.1) is 0 Å². The van der Waals surface area contributed by atoms with Gasteiger partial charge >= 0.3 is 5.97 Å². The van der Waals surface area contributed by atoms with Gasteiger partial charge in [-0.2, -0.15) is 0 Å². The first-order valence-electron chi connectivity index (χ1n) is 5.03. The standard InChI is InChI=1S/C11H13NO4/c1-6-9(11(13)14)7(12)5-8-10(6)16-4-2-3-15-8/h5H,2-4,12H2,1H3,(H,13,14). The highest BCUT2D eigenvalue weighted by Crippen LogP contribution is 2.38. The minimum Gasteiger partial charge on any atom is -0.489 e. The summed E-state index contributed by atoms with van der Waals surface area (Å²) < 4.78 is 10.9. The van der Waals surface area contributed by atoms with E-state index in [2.05, 4.69) is 0 Å². The summed E-state index contributed by atoms with van der Waals surface area (Å²) in [6, 6.07) is 1.51. The molecule has 5 heteroatoms. The van der Waals surface area contributed by atoms with Crippen LogP contribution in [-0.4, -0.2) is 24.3 Å². The molecular formula is C11H13NO4. The van der Waals surface area contributed by atoms with Crippen LogP contribution in [0.15, 0.2) is 6.07 Å². The fourth-order valence-electron chi connectivity index (χ4n) is 1.78. The van der Waals surface area contributed by atoms with Gasteiger partial charge in [-0.05, 0) is 6.92 Å². The molecule has 2 rings (SSSR count). The Labute approximate surface area is 92.8 Å². The van der Waals surface area contributed by atoms with E-state index in [4.69, 9.17) is 20.3 Å². The molecule has 1 aliphatic rings. The first kappa shape index (κ1) is 10.6. The summed E-state index contributed by atoms with van der Waals surface area (Å²) in [6.45, 7) is 2.75. The van der Waals surface area contributed by atoms with Crippen LogP contribution in [-0.2, 0) is 0 Å². The Morgan fingerprint density at radius 3 is 2.81 bits per heavy atom.